The highest BCUT2D eigenvalue weighted by molar-refractivity contribution is 7.99. The first-order chi connectivity index (χ1) is 11.8. The van der Waals surface area contributed by atoms with Gasteiger partial charge in [0.25, 0.3) is 0 Å². The summed E-state index contributed by atoms with van der Waals surface area (Å²) in [5.74, 6) is 2.10. The number of hydrogen-bond donors (Lipinski definition) is 1. The fourth-order valence-electron chi connectivity index (χ4n) is 4.08. The number of hydrogen-bond acceptors (Lipinski definition) is 3. The summed E-state index contributed by atoms with van der Waals surface area (Å²) < 4.78 is 5.51. The molecule has 2 aromatic carbocycles. The molecule has 24 heavy (non-hydrogen) atoms. The molecule has 126 valence electrons. The Kier molecular flexibility index (Phi) is 4.55. The summed E-state index contributed by atoms with van der Waals surface area (Å²) in [5.41, 5.74) is 2.96. The van der Waals surface area contributed by atoms with E-state index in [9.17, 15) is 0 Å². The van der Waals surface area contributed by atoms with Crippen LogP contribution in [0, 0.1) is 0 Å². The molecule has 0 radical (unpaired) electrons. The number of rotatable bonds is 2. The van der Waals surface area contributed by atoms with E-state index in [1.54, 1.807) is 7.11 Å². The Morgan fingerprint density at radius 1 is 1.04 bits per heavy atom. The molecular weight excluding hydrogens is 314 g/mol. The zero-order chi connectivity index (χ0) is 16.4. The van der Waals surface area contributed by atoms with Crippen molar-refractivity contribution in [2.45, 2.75) is 48.6 Å². The minimum atomic E-state index is 0.240. The van der Waals surface area contributed by atoms with Gasteiger partial charge in [-0.05, 0) is 42.2 Å². The molecule has 1 heterocycles. The fraction of sp³-hybridized carbons (Fsp3) is 0.429. The first kappa shape index (κ1) is 16.0. The average molecular weight is 340 g/mol. The van der Waals surface area contributed by atoms with Gasteiger partial charge in [0, 0.05) is 16.2 Å². The van der Waals surface area contributed by atoms with E-state index in [-0.39, 0.29) is 11.6 Å². The topological polar surface area (TPSA) is 21.3 Å². The van der Waals surface area contributed by atoms with E-state index >= 15 is 0 Å². The molecule has 1 spiro atoms. The van der Waals surface area contributed by atoms with Gasteiger partial charge in [-0.1, -0.05) is 49.6 Å². The minimum absolute atomic E-state index is 0.240. The third-order valence-electron chi connectivity index (χ3n) is 5.43. The van der Waals surface area contributed by atoms with Gasteiger partial charge in [0.05, 0.1) is 13.2 Å². The van der Waals surface area contributed by atoms with Crippen LogP contribution < -0.4 is 10.1 Å². The Balaban J connectivity index is 1.79. The number of thioether (sulfide) groups is 1. The largest absolute Gasteiger partial charge is 0.497 e. The summed E-state index contributed by atoms with van der Waals surface area (Å²) >= 11 is 2.01. The van der Waals surface area contributed by atoms with Crippen LogP contribution in [-0.4, -0.2) is 18.4 Å². The smallest absolute Gasteiger partial charge is 0.119 e. The Bertz CT molecular complexity index is 694. The predicted octanol–water partition coefficient (Wildman–Crippen LogP) is 5.18. The Hall–Kier alpha value is -1.45. The molecule has 2 nitrogen and oxygen atoms in total. The lowest BCUT2D eigenvalue weighted by molar-refractivity contribution is 0.246. The summed E-state index contributed by atoms with van der Waals surface area (Å²) in [7, 11) is 1.75. The van der Waals surface area contributed by atoms with Gasteiger partial charge in [-0.25, -0.2) is 0 Å². The highest BCUT2D eigenvalue weighted by Gasteiger charge is 2.38. The lowest BCUT2D eigenvalue weighted by atomic mass is 9.81. The third kappa shape index (κ3) is 3.07. The van der Waals surface area contributed by atoms with Crippen LogP contribution in [0.1, 0.15) is 49.3 Å². The molecule has 1 atom stereocenters. The van der Waals surface area contributed by atoms with Crippen molar-refractivity contribution in [2.24, 2.45) is 0 Å². The third-order valence-corrected chi connectivity index (χ3v) is 6.81. The van der Waals surface area contributed by atoms with Crippen LogP contribution in [0.4, 0.5) is 0 Å². The Morgan fingerprint density at radius 3 is 2.58 bits per heavy atom. The van der Waals surface area contributed by atoms with Crippen molar-refractivity contribution < 1.29 is 4.74 Å². The van der Waals surface area contributed by atoms with E-state index in [0.29, 0.717) is 0 Å². The van der Waals surface area contributed by atoms with Crippen LogP contribution >= 0.6 is 11.8 Å². The van der Waals surface area contributed by atoms with Crippen LogP contribution in [0.3, 0.4) is 0 Å². The number of ether oxygens (including phenoxy) is 1. The maximum Gasteiger partial charge on any atom is 0.119 e. The predicted molar refractivity (Wildman–Crippen MR) is 101 cm³/mol. The molecule has 1 aliphatic carbocycles. The van der Waals surface area contributed by atoms with Crippen LogP contribution in [0.15, 0.2) is 53.4 Å². The monoisotopic (exact) mass is 339 g/mol. The second kappa shape index (κ2) is 6.81. The molecule has 4 rings (SSSR count). The number of methoxy groups -OCH3 is 1. The molecule has 0 bridgehead atoms. The average Bonchev–Trinajstić information content (AvgIpc) is 2.80. The van der Waals surface area contributed by atoms with Gasteiger partial charge in [0.1, 0.15) is 5.75 Å². The molecule has 1 N–H and O–H groups in total. The van der Waals surface area contributed by atoms with E-state index in [2.05, 4.69) is 53.8 Å². The minimum Gasteiger partial charge on any atom is -0.497 e. The Morgan fingerprint density at radius 2 is 1.83 bits per heavy atom. The molecule has 1 fully saturated rings. The maximum atomic E-state index is 5.51. The van der Waals surface area contributed by atoms with Gasteiger partial charge in [-0.15, -0.1) is 11.8 Å². The van der Waals surface area contributed by atoms with E-state index in [1.165, 1.54) is 48.1 Å². The summed E-state index contributed by atoms with van der Waals surface area (Å²) in [5, 5.41) is 4.08. The van der Waals surface area contributed by atoms with Crippen LogP contribution in [0.5, 0.6) is 5.75 Å². The van der Waals surface area contributed by atoms with E-state index in [4.69, 9.17) is 4.74 Å². The van der Waals surface area contributed by atoms with E-state index in [1.807, 2.05) is 11.8 Å². The lowest BCUT2D eigenvalue weighted by Gasteiger charge is -2.39. The number of fused-ring (bicyclic) bond motifs is 1. The summed E-state index contributed by atoms with van der Waals surface area (Å²) in [4.78, 5) is 1.39. The molecule has 2 aliphatic rings. The van der Waals surface area contributed by atoms with Gasteiger partial charge in [-0.3, -0.25) is 5.32 Å². The maximum absolute atomic E-state index is 5.51. The van der Waals surface area contributed by atoms with Crippen molar-refractivity contribution >= 4 is 11.8 Å². The fourth-order valence-corrected chi connectivity index (χ4v) is 5.39. The normalized spacial score (nSPS) is 22.6. The number of benzene rings is 2. The zero-order valence-corrected chi connectivity index (χ0v) is 15.1. The second-order valence-electron chi connectivity index (χ2n) is 7.02. The lowest BCUT2D eigenvalue weighted by Crippen LogP contribution is -2.49. The molecule has 1 aliphatic heterocycles. The van der Waals surface area contributed by atoms with Crippen LogP contribution in [0.25, 0.3) is 0 Å². The molecule has 1 saturated carbocycles. The van der Waals surface area contributed by atoms with Crippen molar-refractivity contribution in [2.75, 3.05) is 12.9 Å². The zero-order valence-electron chi connectivity index (χ0n) is 14.3. The van der Waals surface area contributed by atoms with Crippen LogP contribution in [-0.2, 0) is 0 Å². The first-order valence-electron chi connectivity index (χ1n) is 8.93. The SMILES string of the molecule is COc1ccc2c(c1)C(c1ccccc1)NC1(CCCCC1)CS2. The highest BCUT2D eigenvalue weighted by atomic mass is 32.2. The molecular formula is C21H25NOS. The van der Waals surface area contributed by atoms with E-state index < -0.39 is 0 Å². The van der Waals surface area contributed by atoms with Gasteiger partial charge in [-0.2, -0.15) is 0 Å². The van der Waals surface area contributed by atoms with Crippen LogP contribution in [0.2, 0.25) is 0 Å². The van der Waals surface area contributed by atoms with Gasteiger partial charge in [0.15, 0.2) is 0 Å². The summed E-state index contributed by atoms with van der Waals surface area (Å²) in [6, 6.07) is 17.6. The number of nitrogens with one attached hydrogen (secondary N) is 1. The first-order valence-corrected chi connectivity index (χ1v) is 9.92. The summed E-state index contributed by atoms with van der Waals surface area (Å²) in [6.07, 6.45) is 6.64. The molecule has 1 unspecified atom stereocenters. The van der Waals surface area contributed by atoms with Gasteiger partial charge >= 0.3 is 0 Å². The molecule has 3 heteroatoms. The molecule has 0 aromatic heterocycles. The second-order valence-corrected chi connectivity index (χ2v) is 8.04. The molecule has 2 aromatic rings. The standard InChI is InChI=1S/C21H25NOS/c1-23-17-10-11-19-18(14-17)20(16-8-4-2-5-9-16)22-21(15-24-19)12-6-3-7-13-21/h2,4-5,8-11,14,20,22H,3,6-7,12-13,15H2,1H3. The van der Waals surface area contributed by atoms with E-state index in [0.717, 1.165) is 11.5 Å². The van der Waals surface area contributed by atoms with Gasteiger partial charge < -0.3 is 4.74 Å². The van der Waals surface area contributed by atoms with Crippen molar-refractivity contribution in [3.63, 3.8) is 0 Å². The van der Waals surface area contributed by atoms with Gasteiger partial charge in [0.2, 0.25) is 0 Å². The molecule has 0 saturated heterocycles. The van der Waals surface area contributed by atoms with Crippen molar-refractivity contribution in [3.8, 4) is 5.75 Å². The van der Waals surface area contributed by atoms with Crippen molar-refractivity contribution in [1.82, 2.24) is 5.32 Å². The highest BCUT2D eigenvalue weighted by Crippen LogP contribution is 2.43. The Labute approximate surface area is 149 Å². The van der Waals surface area contributed by atoms with Crippen molar-refractivity contribution in [3.05, 3.63) is 59.7 Å². The summed E-state index contributed by atoms with van der Waals surface area (Å²) in [6.45, 7) is 0. The quantitative estimate of drug-likeness (QED) is 0.814. The molecule has 0 amide bonds. The van der Waals surface area contributed by atoms with Crippen molar-refractivity contribution in [1.29, 1.82) is 0 Å².